The number of halogens is 1. The molecule has 0 heterocycles. The molecule has 8 heteroatoms. The number of rotatable bonds is 3. The molecule has 0 saturated heterocycles. The lowest BCUT2D eigenvalue weighted by Crippen LogP contribution is -2.43. The highest BCUT2D eigenvalue weighted by Gasteiger charge is 2.37. The Labute approximate surface area is 117 Å². The van der Waals surface area contributed by atoms with Gasteiger partial charge in [-0.2, -0.15) is 0 Å². The van der Waals surface area contributed by atoms with Crippen LogP contribution in [0.15, 0.2) is 21.9 Å². The maximum atomic E-state index is 14.1. The SMILES string of the molecule is CS(=O)(=O)c1cc(C2(N)CCC2)cc(F)c1S(C)(=O)=O. The van der Waals surface area contributed by atoms with Crippen LogP contribution in [0.4, 0.5) is 4.39 Å². The minimum Gasteiger partial charge on any atom is -0.321 e. The first kappa shape index (κ1) is 15.4. The van der Waals surface area contributed by atoms with Crippen LogP contribution in [-0.4, -0.2) is 29.3 Å². The van der Waals surface area contributed by atoms with Crippen molar-refractivity contribution in [1.29, 1.82) is 0 Å². The Morgan fingerprint density at radius 1 is 1.10 bits per heavy atom. The zero-order chi connectivity index (χ0) is 15.3. The Hall–Kier alpha value is -0.990. The number of benzene rings is 1. The van der Waals surface area contributed by atoms with E-state index in [2.05, 4.69) is 0 Å². The van der Waals surface area contributed by atoms with Crippen molar-refractivity contribution in [2.24, 2.45) is 5.73 Å². The van der Waals surface area contributed by atoms with Gasteiger partial charge < -0.3 is 5.73 Å². The van der Waals surface area contributed by atoms with Crippen LogP contribution >= 0.6 is 0 Å². The van der Waals surface area contributed by atoms with Crippen molar-refractivity contribution in [1.82, 2.24) is 0 Å². The van der Waals surface area contributed by atoms with Crippen LogP contribution in [0, 0.1) is 5.82 Å². The van der Waals surface area contributed by atoms with Crippen LogP contribution in [0.5, 0.6) is 0 Å². The molecule has 0 atom stereocenters. The van der Waals surface area contributed by atoms with Gasteiger partial charge in [0.05, 0.1) is 4.90 Å². The molecular formula is C12H16FNO4S2. The van der Waals surface area contributed by atoms with Gasteiger partial charge in [0.25, 0.3) is 0 Å². The van der Waals surface area contributed by atoms with Crippen molar-refractivity contribution in [2.45, 2.75) is 34.6 Å². The molecule has 1 aliphatic rings. The molecule has 1 aromatic carbocycles. The maximum absolute atomic E-state index is 14.1. The van der Waals surface area contributed by atoms with Gasteiger partial charge in [0.2, 0.25) is 0 Å². The maximum Gasteiger partial charge on any atom is 0.179 e. The average molecular weight is 321 g/mol. The van der Waals surface area contributed by atoms with Gasteiger partial charge in [-0.1, -0.05) is 0 Å². The summed E-state index contributed by atoms with van der Waals surface area (Å²) in [7, 11) is -7.87. The first-order valence-corrected chi connectivity index (χ1v) is 9.76. The highest BCUT2D eigenvalue weighted by atomic mass is 32.2. The molecule has 0 unspecified atom stereocenters. The zero-order valence-corrected chi connectivity index (χ0v) is 12.8. The predicted octanol–water partition coefficient (Wildman–Crippen LogP) is 0.971. The van der Waals surface area contributed by atoms with Gasteiger partial charge in [0, 0.05) is 18.1 Å². The molecule has 5 nitrogen and oxygen atoms in total. The second kappa shape index (κ2) is 4.51. The topological polar surface area (TPSA) is 94.3 Å². The summed E-state index contributed by atoms with van der Waals surface area (Å²) in [5, 5.41) is 0. The highest BCUT2D eigenvalue weighted by Crippen LogP contribution is 2.40. The Morgan fingerprint density at radius 3 is 2.00 bits per heavy atom. The molecule has 2 N–H and O–H groups in total. The van der Waals surface area contributed by atoms with Gasteiger partial charge in [-0.25, -0.2) is 21.2 Å². The fraction of sp³-hybridized carbons (Fsp3) is 0.500. The van der Waals surface area contributed by atoms with Crippen molar-refractivity contribution in [3.63, 3.8) is 0 Å². The lowest BCUT2D eigenvalue weighted by Gasteiger charge is -2.39. The lowest BCUT2D eigenvalue weighted by molar-refractivity contribution is 0.252. The third-order valence-corrected chi connectivity index (χ3v) is 6.01. The first-order valence-electron chi connectivity index (χ1n) is 5.98. The molecule has 0 bridgehead atoms. The number of hydrogen-bond donors (Lipinski definition) is 1. The van der Waals surface area contributed by atoms with E-state index in [1.807, 2.05) is 0 Å². The molecule has 1 fully saturated rings. The van der Waals surface area contributed by atoms with E-state index >= 15 is 0 Å². The molecule has 1 aliphatic carbocycles. The predicted molar refractivity (Wildman–Crippen MR) is 72.3 cm³/mol. The van der Waals surface area contributed by atoms with E-state index in [4.69, 9.17) is 5.73 Å². The number of sulfone groups is 2. The second-order valence-corrected chi connectivity index (χ2v) is 9.28. The largest absolute Gasteiger partial charge is 0.321 e. The summed E-state index contributed by atoms with van der Waals surface area (Å²) in [5.74, 6) is -1.07. The Kier molecular flexibility index (Phi) is 3.47. The summed E-state index contributed by atoms with van der Waals surface area (Å²) in [5.41, 5.74) is 5.61. The van der Waals surface area contributed by atoms with E-state index in [1.165, 1.54) is 6.07 Å². The molecule has 0 radical (unpaired) electrons. The third kappa shape index (κ3) is 2.59. The van der Waals surface area contributed by atoms with Crippen LogP contribution in [0.25, 0.3) is 0 Å². The van der Waals surface area contributed by atoms with Gasteiger partial charge in [-0.05, 0) is 37.0 Å². The average Bonchev–Trinajstić information content (AvgIpc) is 2.21. The molecule has 2 rings (SSSR count). The van der Waals surface area contributed by atoms with Gasteiger partial charge in [-0.3, -0.25) is 0 Å². The summed E-state index contributed by atoms with van der Waals surface area (Å²) < 4.78 is 60.9. The first-order chi connectivity index (χ1) is 8.95. The van der Waals surface area contributed by atoms with E-state index in [0.29, 0.717) is 18.4 Å². The van der Waals surface area contributed by atoms with Crippen molar-refractivity contribution in [2.75, 3.05) is 12.5 Å². The second-order valence-electron chi connectivity index (χ2n) is 5.34. The molecule has 1 saturated carbocycles. The van der Waals surface area contributed by atoms with Crippen molar-refractivity contribution < 1.29 is 21.2 Å². The summed E-state index contributed by atoms with van der Waals surface area (Å²) in [6.07, 6.45) is 3.74. The van der Waals surface area contributed by atoms with E-state index < -0.39 is 40.8 Å². The van der Waals surface area contributed by atoms with Crippen LogP contribution in [0.3, 0.4) is 0 Å². The molecule has 20 heavy (non-hydrogen) atoms. The van der Waals surface area contributed by atoms with Crippen LogP contribution in [0.2, 0.25) is 0 Å². The quantitative estimate of drug-likeness (QED) is 0.895. The van der Waals surface area contributed by atoms with Crippen molar-refractivity contribution in [3.8, 4) is 0 Å². The lowest BCUT2D eigenvalue weighted by atomic mass is 9.73. The highest BCUT2D eigenvalue weighted by molar-refractivity contribution is 7.93. The Morgan fingerprint density at radius 2 is 1.65 bits per heavy atom. The zero-order valence-electron chi connectivity index (χ0n) is 11.2. The molecule has 0 amide bonds. The van der Waals surface area contributed by atoms with Crippen LogP contribution in [-0.2, 0) is 25.2 Å². The normalized spacial score (nSPS) is 18.6. The summed E-state index contributed by atoms with van der Waals surface area (Å²) >= 11 is 0. The van der Waals surface area contributed by atoms with Gasteiger partial charge in [0.1, 0.15) is 10.7 Å². The van der Waals surface area contributed by atoms with Crippen molar-refractivity contribution in [3.05, 3.63) is 23.5 Å². The van der Waals surface area contributed by atoms with Gasteiger partial charge in [-0.15, -0.1) is 0 Å². The van der Waals surface area contributed by atoms with E-state index in [9.17, 15) is 21.2 Å². The van der Waals surface area contributed by atoms with Crippen LogP contribution in [0.1, 0.15) is 24.8 Å². The van der Waals surface area contributed by atoms with Gasteiger partial charge >= 0.3 is 0 Å². The molecule has 1 aromatic rings. The monoisotopic (exact) mass is 321 g/mol. The van der Waals surface area contributed by atoms with Gasteiger partial charge in [0.15, 0.2) is 19.7 Å². The number of hydrogen-bond acceptors (Lipinski definition) is 5. The molecule has 0 aliphatic heterocycles. The summed E-state index contributed by atoms with van der Waals surface area (Å²) in [6.45, 7) is 0. The standard InChI is InChI=1S/C12H16FNO4S2/c1-19(15,16)10-7-8(12(14)4-3-5-12)6-9(13)11(10)20(2,17)18/h6-7H,3-5,14H2,1-2H3. The minimum absolute atomic E-state index is 0.328. The molecule has 112 valence electrons. The Bertz CT molecular complexity index is 765. The smallest absolute Gasteiger partial charge is 0.179 e. The van der Waals surface area contributed by atoms with E-state index in [0.717, 1.165) is 25.0 Å². The third-order valence-electron chi connectivity index (χ3n) is 3.60. The molecule has 0 aromatic heterocycles. The Balaban J connectivity index is 2.80. The summed E-state index contributed by atoms with van der Waals surface area (Å²) in [4.78, 5) is -1.31. The van der Waals surface area contributed by atoms with E-state index in [1.54, 1.807) is 0 Å². The summed E-state index contributed by atoms with van der Waals surface area (Å²) in [6, 6.07) is 2.22. The van der Waals surface area contributed by atoms with Crippen LogP contribution < -0.4 is 5.73 Å². The fourth-order valence-electron chi connectivity index (χ4n) is 2.34. The fourth-order valence-corrected chi connectivity index (χ4v) is 4.86. The van der Waals surface area contributed by atoms with Crippen molar-refractivity contribution >= 4 is 19.7 Å². The van der Waals surface area contributed by atoms with E-state index in [-0.39, 0.29) is 0 Å². The minimum atomic E-state index is -3.99. The molecule has 0 spiro atoms. The number of nitrogens with two attached hydrogens (primary N) is 1. The molecular weight excluding hydrogens is 305 g/mol.